The van der Waals surface area contributed by atoms with Gasteiger partial charge in [-0.05, 0) is 94.4 Å². The van der Waals surface area contributed by atoms with Gasteiger partial charge in [-0.3, -0.25) is 4.79 Å². The zero-order valence-corrected chi connectivity index (χ0v) is 24.2. The normalized spacial score (nSPS) is 11.8. The molecule has 208 valence electrons. The lowest BCUT2D eigenvalue weighted by atomic mass is 10.2. The lowest BCUT2D eigenvalue weighted by Crippen LogP contribution is -2.26. The summed E-state index contributed by atoms with van der Waals surface area (Å²) in [6.07, 6.45) is 0.612. The number of carbonyl (C=O) groups is 2. The molecule has 1 amide bonds. The monoisotopic (exact) mass is 607 g/mol. The van der Waals surface area contributed by atoms with E-state index in [9.17, 15) is 9.59 Å². The number of benzene rings is 2. The number of hydrogen-bond acceptors (Lipinski definition) is 7. The molecule has 2 aromatic heterocycles. The van der Waals surface area contributed by atoms with Gasteiger partial charge in [0.05, 0.1) is 12.8 Å². The Bertz CT molecular complexity index is 1490. The molecule has 0 radical (unpaired) electrons. The summed E-state index contributed by atoms with van der Waals surface area (Å²) in [5.41, 5.74) is 6.36. The van der Waals surface area contributed by atoms with Gasteiger partial charge in [-0.15, -0.1) is 0 Å². The molecule has 4 rings (SSSR count). The summed E-state index contributed by atoms with van der Waals surface area (Å²) < 4.78 is 25.1. The summed E-state index contributed by atoms with van der Waals surface area (Å²) >= 11 is 3.40. The van der Waals surface area contributed by atoms with Crippen LogP contribution in [0.25, 0.3) is 5.69 Å². The van der Waals surface area contributed by atoms with Crippen molar-refractivity contribution < 1.29 is 28.2 Å². The average Bonchev–Trinajstić information content (AvgIpc) is 3.55. The maximum absolute atomic E-state index is 12.6. The fourth-order valence-corrected chi connectivity index (χ4v) is 4.32. The first kappa shape index (κ1) is 28.7. The first-order valence-corrected chi connectivity index (χ1v) is 13.5. The first-order valence-electron chi connectivity index (χ1n) is 12.7. The van der Waals surface area contributed by atoms with Crippen molar-refractivity contribution in [1.82, 2.24) is 9.99 Å². The summed E-state index contributed by atoms with van der Waals surface area (Å²) in [5, 5.41) is 4.02. The van der Waals surface area contributed by atoms with Gasteiger partial charge in [0.1, 0.15) is 23.9 Å². The molecule has 40 heavy (non-hydrogen) atoms. The molecule has 0 unspecified atom stereocenters. The molecule has 1 atom stereocenters. The number of hydrogen-bond donors (Lipinski definition) is 1. The Morgan fingerprint density at radius 2 is 1.77 bits per heavy atom. The van der Waals surface area contributed by atoms with Gasteiger partial charge in [-0.2, -0.15) is 5.10 Å². The highest BCUT2D eigenvalue weighted by Gasteiger charge is 2.17. The Kier molecular flexibility index (Phi) is 9.44. The van der Waals surface area contributed by atoms with Crippen molar-refractivity contribution in [2.75, 3.05) is 6.61 Å². The van der Waals surface area contributed by atoms with Gasteiger partial charge in [0.15, 0.2) is 11.9 Å². The second-order valence-corrected chi connectivity index (χ2v) is 9.81. The van der Waals surface area contributed by atoms with Crippen molar-refractivity contribution in [3.63, 3.8) is 0 Å². The Labute approximate surface area is 240 Å². The molecule has 2 heterocycles. The third-order valence-electron chi connectivity index (χ3n) is 5.90. The smallest absolute Gasteiger partial charge is 0.347 e. The molecule has 2 aromatic carbocycles. The highest BCUT2D eigenvalue weighted by atomic mass is 79.9. The van der Waals surface area contributed by atoms with Crippen molar-refractivity contribution in [2.24, 2.45) is 5.10 Å². The Hall–Kier alpha value is -4.31. The second kappa shape index (κ2) is 13.2. The van der Waals surface area contributed by atoms with Crippen LogP contribution in [-0.2, 0) is 16.1 Å². The molecular weight excluding hydrogens is 578 g/mol. The van der Waals surface area contributed by atoms with Crippen molar-refractivity contribution in [3.05, 3.63) is 99.7 Å². The minimum absolute atomic E-state index is 0.0892. The fraction of sp³-hybridized carbons (Fsp3) is 0.233. The van der Waals surface area contributed by atoms with Crippen LogP contribution in [0.5, 0.6) is 11.5 Å². The van der Waals surface area contributed by atoms with Crippen LogP contribution < -0.4 is 14.9 Å². The highest BCUT2D eigenvalue weighted by Crippen LogP contribution is 2.24. The Morgan fingerprint density at radius 3 is 2.48 bits per heavy atom. The molecular formula is C30H30BrN3O6. The number of furan rings is 1. The number of nitrogens with one attached hydrogen (secondary N) is 1. The molecule has 0 fully saturated rings. The quantitative estimate of drug-likeness (QED) is 0.125. The van der Waals surface area contributed by atoms with Crippen molar-refractivity contribution >= 4 is 34.0 Å². The molecule has 0 saturated heterocycles. The topological polar surface area (TPSA) is 104 Å². The molecule has 0 aliphatic carbocycles. The number of carbonyl (C=O) groups excluding carboxylic acids is 2. The highest BCUT2D eigenvalue weighted by molar-refractivity contribution is 9.10. The number of halogens is 1. The van der Waals surface area contributed by atoms with Crippen LogP contribution in [0.2, 0.25) is 0 Å². The Balaban J connectivity index is 1.32. The van der Waals surface area contributed by atoms with Gasteiger partial charge in [-0.1, -0.05) is 15.9 Å². The van der Waals surface area contributed by atoms with Crippen molar-refractivity contribution in [1.29, 1.82) is 0 Å². The third-order valence-corrected chi connectivity index (χ3v) is 6.39. The summed E-state index contributed by atoms with van der Waals surface area (Å²) in [6, 6.07) is 20.4. The summed E-state index contributed by atoms with van der Waals surface area (Å²) in [5.74, 6) is 0.672. The zero-order valence-electron chi connectivity index (χ0n) is 22.6. The number of ether oxygens (including phenoxy) is 3. The Morgan fingerprint density at radius 1 is 1.05 bits per heavy atom. The van der Waals surface area contributed by atoms with Crippen LogP contribution in [0.1, 0.15) is 47.1 Å². The number of rotatable bonds is 11. The van der Waals surface area contributed by atoms with Crippen LogP contribution in [0.3, 0.4) is 0 Å². The van der Waals surface area contributed by atoms with Crippen molar-refractivity contribution in [3.8, 4) is 17.2 Å². The predicted octanol–water partition coefficient (Wildman–Crippen LogP) is 6.12. The number of hydrazone groups is 1. The maximum atomic E-state index is 12.6. The minimum atomic E-state index is -0.808. The van der Waals surface area contributed by atoms with E-state index in [2.05, 4.69) is 57.0 Å². The van der Waals surface area contributed by atoms with Crippen molar-refractivity contribution in [2.45, 2.75) is 40.4 Å². The molecule has 1 N–H and O–H groups in total. The van der Waals surface area contributed by atoms with Crippen LogP contribution >= 0.6 is 15.9 Å². The van der Waals surface area contributed by atoms with E-state index in [1.807, 2.05) is 24.3 Å². The molecule has 0 aliphatic rings. The molecule has 0 spiro atoms. The second-order valence-electron chi connectivity index (χ2n) is 8.89. The summed E-state index contributed by atoms with van der Waals surface area (Å²) in [7, 11) is 0. The number of nitrogens with zero attached hydrogens (tertiary/aromatic N) is 2. The van der Waals surface area contributed by atoms with Gasteiger partial charge < -0.3 is 23.2 Å². The van der Waals surface area contributed by atoms with Gasteiger partial charge in [0, 0.05) is 27.1 Å². The van der Waals surface area contributed by atoms with Crippen LogP contribution in [0, 0.1) is 13.8 Å². The van der Waals surface area contributed by atoms with Gasteiger partial charge in [-0.25, -0.2) is 10.2 Å². The van der Waals surface area contributed by atoms with E-state index in [4.69, 9.17) is 18.6 Å². The largest absolute Gasteiger partial charge is 0.486 e. The van der Waals surface area contributed by atoms with Gasteiger partial charge in [0.25, 0.3) is 0 Å². The lowest BCUT2D eigenvalue weighted by molar-refractivity contribution is -0.150. The standard InChI is InChI=1S/C30H30BrN3O6/c1-5-37-30(36)21(4)39-27-14-8-23(31)16-22(27)17-32-33-29(35)28-15-13-26(40-28)18-38-25-11-9-24(10-12-25)34-19(2)6-7-20(34)3/h6-17,21H,5,18H2,1-4H3,(H,33,35)/b32-17+/t21-/m1/s1. The van der Waals surface area contributed by atoms with Crippen LogP contribution in [-0.4, -0.2) is 35.4 Å². The summed E-state index contributed by atoms with van der Waals surface area (Å²) in [4.78, 5) is 24.5. The minimum Gasteiger partial charge on any atom is -0.486 e. The van der Waals surface area contributed by atoms with E-state index in [0.29, 0.717) is 22.8 Å². The van der Waals surface area contributed by atoms with Gasteiger partial charge in [0.2, 0.25) is 0 Å². The van der Waals surface area contributed by atoms with E-state index in [-0.39, 0.29) is 19.0 Å². The number of amides is 1. The van der Waals surface area contributed by atoms with Crippen LogP contribution in [0.15, 0.2) is 80.7 Å². The molecule has 9 nitrogen and oxygen atoms in total. The average molecular weight is 608 g/mol. The van der Waals surface area contributed by atoms with Gasteiger partial charge >= 0.3 is 11.9 Å². The molecule has 4 aromatic rings. The molecule has 0 aliphatic heterocycles. The van der Waals surface area contributed by atoms with E-state index in [1.165, 1.54) is 6.21 Å². The molecule has 10 heteroatoms. The van der Waals surface area contributed by atoms with E-state index >= 15 is 0 Å². The molecule has 0 bridgehead atoms. The number of esters is 1. The fourth-order valence-electron chi connectivity index (χ4n) is 3.94. The van der Waals surface area contributed by atoms with E-state index in [1.54, 1.807) is 44.2 Å². The van der Waals surface area contributed by atoms with E-state index < -0.39 is 18.0 Å². The third kappa shape index (κ3) is 7.20. The maximum Gasteiger partial charge on any atom is 0.347 e. The zero-order chi connectivity index (χ0) is 28.6. The van der Waals surface area contributed by atoms with E-state index in [0.717, 1.165) is 21.5 Å². The number of aryl methyl sites for hydroxylation is 2. The van der Waals surface area contributed by atoms with Crippen LogP contribution in [0.4, 0.5) is 0 Å². The molecule has 0 saturated carbocycles. The first-order chi connectivity index (χ1) is 19.2. The number of aromatic nitrogens is 1. The SMILES string of the molecule is CCOC(=O)[C@@H](C)Oc1ccc(Br)cc1/C=N/NC(=O)c1ccc(COc2ccc(-n3c(C)ccc3C)cc2)o1. The predicted molar refractivity (Wildman–Crippen MR) is 154 cm³/mol. The summed E-state index contributed by atoms with van der Waals surface area (Å²) in [6.45, 7) is 7.88. The lowest BCUT2D eigenvalue weighted by Gasteiger charge is -2.15.